The van der Waals surface area contributed by atoms with Gasteiger partial charge in [0.2, 0.25) is 5.43 Å². The van der Waals surface area contributed by atoms with E-state index in [1.165, 1.54) is 6.07 Å². The molecule has 7 heteroatoms. The fourth-order valence-corrected chi connectivity index (χ4v) is 4.35. The lowest BCUT2D eigenvalue weighted by Gasteiger charge is -2.36. The Morgan fingerprint density at radius 1 is 1.31 bits per heavy atom. The van der Waals surface area contributed by atoms with Crippen molar-refractivity contribution in [2.75, 3.05) is 32.9 Å². The summed E-state index contributed by atoms with van der Waals surface area (Å²) in [6.07, 6.45) is 2.40. The Balaban J connectivity index is 1.61. The summed E-state index contributed by atoms with van der Waals surface area (Å²) in [7, 11) is 1.73. The molecule has 2 atom stereocenters. The number of carbonyl (C=O) groups is 1. The van der Waals surface area contributed by atoms with E-state index in [0.29, 0.717) is 26.3 Å². The van der Waals surface area contributed by atoms with Gasteiger partial charge in [0.05, 0.1) is 13.2 Å². The summed E-state index contributed by atoms with van der Waals surface area (Å²) in [6.45, 7) is 2.23. The molecule has 2 aliphatic heterocycles. The number of amides is 1. The second-order valence-corrected chi connectivity index (χ2v) is 7.99. The van der Waals surface area contributed by atoms with Gasteiger partial charge in [-0.05, 0) is 17.9 Å². The van der Waals surface area contributed by atoms with E-state index in [1.54, 1.807) is 22.7 Å². The van der Waals surface area contributed by atoms with Crippen LogP contribution >= 0.6 is 0 Å². The standard InChI is InChI=1S/C22H26N2O5/c1-23-9-7-18(26)20(29-12-16-5-3-2-4-6-16)19(23)21(27)24-11-17-8-10-28-15-22(17,13-24)14-25/h2-7,9,17,25H,8,10-15H2,1H3/t17-,22+/m0/s1. The Hall–Kier alpha value is -2.64. The van der Waals surface area contributed by atoms with Crippen LogP contribution in [-0.4, -0.2) is 53.4 Å². The molecule has 1 aromatic carbocycles. The second kappa shape index (κ2) is 8.00. The van der Waals surface area contributed by atoms with Gasteiger partial charge in [-0.3, -0.25) is 9.59 Å². The van der Waals surface area contributed by atoms with E-state index in [-0.39, 0.29) is 41.9 Å². The van der Waals surface area contributed by atoms with Gasteiger partial charge in [0.25, 0.3) is 5.91 Å². The Morgan fingerprint density at radius 2 is 2.10 bits per heavy atom. The lowest BCUT2D eigenvalue weighted by molar-refractivity contribution is -0.0557. The van der Waals surface area contributed by atoms with E-state index >= 15 is 0 Å². The van der Waals surface area contributed by atoms with Crippen molar-refractivity contribution in [3.05, 3.63) is 64.1 Å². The lowest BCUT2D eigenvalue weighted by Crippen LogP contribution is -2.43. The highest BCUT2D eigenvalue weighted by atomic mass is 16.5. The SMILES string of the molecule is Cn1ccc(=O)c(OCc2ccccc2)c1C(=O)N1C[C@@H]2CCOC[C@]2(CO)C1. The zero-order valence-electron chi connectivity index (χ0n) is 16.5. The van der Waals surface area contributed by atoms with Crippen molar-refractivity contribution in [3.63, 3.8) is 0 Å². The van der Waals surface area contributed by atoms with Crippen LogP contribution in [-0.2, 0) is 18.4 Å². The van der Waals surface area contributed by atoms with E-state index in [4.69, 9.17) is 9.47 Å². The molecule has 1 N–H and O–H groups in total. The van der Waals surface area contributed by atoms with Crippen LogP contribution in [0.2, 0.25) is 0 Å². The smallest absolute Gasteiger partial charge is 0.274 e. The summed E-state index contributed by atoms with van der Waals surface area (Å²) in [5, 5.41) is 9.99. The number of aromatic nitrogens is 1. The fourth-order valence-electron chi connectivity index (χ4n) is 4.35. The minimum absolute atomic E-state index is 0.0213. The quantitative estimate of drug-likeness (QED) is 0.824. The first-order chi connectivity index (χ1) is 14.0. The van der Waals surface area contributed by atoms with Crippen LogP contribution in [0.1, 0.15) is 22.5 Å². The molecular formula is C22H26N2O5. The molecule has 2 aliphatic rings. The molecule has 154 valence electrons. The van der Waals surface area contributed by atoms with Crippen LogP contribution in [0.3, 0.4) is 0 Å². The number of pyridine rings is 1. The molecule has 0 spiro atoms. The molecule has 7 nitrogen and oxygen atoms in total. The maximum Gasteiger partial charge on any atom is 0.274 e. The Labute approximate surface area is 169 Å². The Morgan fingerprint density at radius 3 is 2.83 bits per heavy atom. The van der Waals surface area contributed by atoms with Gasteiger partial charge in [-0.15, -0.1) is 0 Å². The highest BCUT2D eigenvalue weighted by molar-refractivity contribution is 5.95. The average molecular weight is 398 g/mol. The molecule has 0 saturated carbocycles. The number of likely N-dealkylation sites (tertiary alicyclic amines) is 1. The molecule has 0 bridgehead atoms. The lowest BCUT2D eigenvalue weighted by atomic mass is 9.76. The first-order valence-corrected chi connectivity index (χ1v) is 9.88. The van der Waals surface area contributed by atoms with E-state index in [0.717, 1.165) is 12.0 Å². The van der Waals surface area contributed by atoms with Gasteiger partial charge in [-0.1, -0.05) is 30.3 Å². The van der Waals surface area contributed by atoms with Crippen molar-refractivity contribution in [1.29, 1.82) is 0 Å². The molecule has 4 rings (SSSR count). The number of hydrogen-bond acceptors (Lipinski definition) is 5. The van der Waals surface area contributed by atoms with Crippen molar-refractivity contribution < 1.29 is 19.4 Å². The summed E-state index contributed by atoms with van der Waals surface area (Å²) in [6, 6.07) is 10.9. The second-order valence-electron chi connectivity index (χ2n) is 7.99. The number of aryl methyl sites for hydroxylation is 1. The number of nitrogens with zero attached hydrogens (tertiary/aromatic N) is 2. The first-order valence-electron chi connectivity index (χ1n) is 9.88. The van der Waals surface area contributed by atoms with Crippen LogP contribution in [0, 0.1) is 11.3 Å². The summed E-state index contributed by atoms with van der Waals surface area (Å²) in [5.74, 6) is 0.00291. The Kier molecular flexibility index (Phi) is 5.43. The minimum Gasteiger partial charge on any atom is -0.483 e. The molecule has 0 aliphatic carbocycles. The zero-order valence-corrected chi connectivity index (χ0v) is 16.5. The van der Waals surface area contributed by atoms with Crippen molar-refractivity contribution >= 4 is 5.91 Å². The highest BCUT2D eigenvalue weighted by Gasteiger charge is 2.50. The van der Waals surface area contributed by atoms with Gasteiger partial charge >= 0.3 is 0 Å². The van der Waals surface area contributed by atoms with E-state index in [9.17, 15) is 14.7 Å². The molecule has 1 aromatic heterocycles. The summed E-state index contributed by atoms with van der Waals surface area (Å²) in [4.78, 5) is 27.7. The van der Waals surface area contributed by atoms with Crippen LogP contribution in [0.25, 0.3) is 0 Å². The normalized spacial score (nSPS) is 23.7. The molecule has 2 fully saturated rings. The number of carbonyl (C=O) groups excluding carboxylic acids is 1. The van der Waals surface area contributed by atoms with E-state index in [1.807, 2.05) is 30.3 Å². The van der Waals surface area contributed by atoms with Gasteiger partial charge in [-0.2, -0.15) is 0 Å². The van der Waals surface area contributed by atoms with Crippen molar-refractivity contribution in [1.82, 2.24) is 9.47 Å². The number of aliphatic hydroxyl groups is 1. The molecule has 2 aromatic rings. The third-order valence-electron chi connectivity index (χ3n) is 6.08. The predicted octanol–water partition coefficient (Wildman–Crippen LogP) is 1.44. The zero-order chi connectivity index (χ0) is 20.4. The fraction of sp³-hybridized carbons (Fsp3) is 0.455. The molecule has 29 heavy (non-hydrogen) atoms. The van der Waals surface area contributed by atoms with Gasteiger partial charge in [0.1, 0.15) is 6.61 Å². The predicted molar refractivity (Wildman–Crippen MR) is 107 cm³/mol. The molecule has 1 amide bonds. The largest absolute Gasteiger partial charge is 0.483 e. The third-order valence-corrected chi connectivity index (χ3v) is 6.08. The van der Waals surface area contributed by atoms with Crippen LogP contribution in [0.4, 0.5) is 0 Å². The monoisotopic (exact) mass is 398 g/mol. The van der Waals surface area contributed by atoms with Gasteiger partial charge < -0.3 is 24.0 Å². The molecule has 0 unspecified atom stereocenters. The van der Waals surface area contributed by atoms with Crippen LogP contribution in [0.5, 0.6) is 5.75 Å². The summed E-state index contributed by atoms with van der Waals surface area (Å²) >= 11 is 0. The highest BCUT2D eigenvalue weighted by Crippen LogP contribution is 2.41. The molecule has 0 radical (unpaired) electrons. The molecular weight excluding hydrogens is 372 g/mol. The topological polar surface area (TPSA) is 81.0 Å². The number of hydrogen-bond donors (Lipinski definition) is 1. The molecule has 3 heterocycles. The van der Waals surface area contributed by atoms with Crippen molar-refractivity contribution in [2.24, 2.45) is 18.4 Å². The maximum absolute atomic E-state index is 13.4. The minimum atomic E-state index is -0.424. The van der Waals surface area contributed by atoms with Crippen molar-refractivity contribution in [3.8, 4) is 5.75 Å². The average Bonchev–Trinajstić information content (AvgIpc) is 3.15. The van der Waals surface area contributed by atoms with E-state index in [2.05, 4.69) is 0 Å². The van der Waals surface area contributed by atoms with Gasteiger partial charge in [0.15, 0.2) is 11.4 Å². The number of aliphatic hydroxyl groups excluding tert-OH is 1. The summed E-state index contributed by atoms with van der Waals surface area (Å²) < 4.78 is 13.1. The first kappa shape index (κ1) is 19.7. The van der Waals surface area contributed by atoms with Crippen LogP contribution < -0.4 is 10.2 Å². The summed E-state index contributed by atoms with van der Waals surface area (Å²) in [5.41, 5.74) is 0.410. The third kappa shape index (κ3) is 3.68. The van der Waals surface area contributed by atoms with E-state index < -0.39 is 5.41 Å². The van der Waals surface area contributed by atoms with Gasteiger partial charge in [0, 0.05) is 44.4 Å². The number of benzene rings is 1. The van der Waals surface area contributed by atoms with Gasteiger partial charge in [-0.25, -0.2) is 0 Å². The van der Waals surface area contributed by atoms with Crippen LogP contribution in [0.15, 0.2) is 47.4 Å². The number of rotatable bonds is 5. The number of fused-ring (bicyclic) bond motifs is 1. The number of ether oxygens (including phenoxy) is 2. The molecule has 2 saturated heterocycles. The Bertz CT molecular complexity index is 942. The van der Waals surface area contributed by atoms with Crippen molar-refractivity contribution in [2.45, 2.75) is 13.0 Å². The maximum atomic E-state index is 13.4.